The largest absolute Gasteiger partial charge is 0.399 e. The number of benzene rings is 1. The molecule has 19 heavy (non-hydrogen) atoms. The quantitative estimate of drug-likeness (QED) is 0.702. The Hall–Kier alpha value is -2.62. The van der Waals surface area contributed by atoms with Gasteiger partial charge in [0.2, 0.25) is 0 Å². The lowest BCUT2D eigenvalue weighted by atomic mass is 10.1. The standard InChI is InChI=1S/C15H14N4/c16-13-1-2-14-12(9-13)5-8-18-15(14)19-10-11-3-6-17-7-4-11/h1-9H,10,16H2,(H,18,19). The van der Waals surface area contributed by atoms with Crippen molar-refractivity contribution in [3.05, 3.63) is 60.6 Å². The second-order valence-corrected chi connectivity index (χ2v) is 4.35. The van der Waals surface area contributed by atoms with E-state index in [1.165, 1.54) is 5.56 Å². The van der Waals surface area contributed by atoms with E-state index in [4.69, 9.17) is 5.73 Å². The minimum absolute atomic E-state index is 0.721. The smallest absolute Gasteiger partial charge is 0.134 e. The molecule has 0 atom stereocenters. The number of nitrogens with two attached hydrogens (primary N) is 1. The van der Waals surface area contributed by atoms with Crippen molar-refractivity contribution >= 4 is 22.3 Å². The molecule has 1 aromatic carbocycles. The molecule has 2 heterocycles. The molecule has 0 unspecified atom stereocenters. The molecule has 0 fully saturated rings. The number of aromatic nitrogens is 2. The summed E-state index contributed by atoms with van der Waals surface area (Å²) in [6, 6.07) is 11.8. The third-order valence-electron chi connectivity index (χ3n) is 3.00. The molecule has 0 aliphatic rings. The van der Waals surface area contributed by atoms with E-state index in [-0.39, 0.29) is 0 Å². The van der Waals surface area contributed by atoms with Gasteiger partial charge in [-0.15, -0.1) is 0 Å². The summed E-state index contributed by atoms with van der Waals surface area (Å²) < 4.78 is 0. The molecule has 0 aliphatic carbocycles. The summed E-state index contributed by atoms with van der Waals surface area (Å²) >= 11 is 0. The molecular weight excluding hydrogens is 236 g/mol. The van der Waals surface area contributed by atoms with Crippen LogP contribution in [0.3, 0.4) is 0 Å². The zero-order chi connectivity index (χ0) is 13.1. The van der Waals surface area contributed by atoms with Gasteiger partial charge in [-0.25, -0.2) is 4.98 Å². The van der Waals surface area contributed by atoms with Gasteiger partial charge in [0, 0.05) is 36.2 Å². The fraction of sp³-hybridized carbons (Fsp3) is 0.0667. The topological polar surface area (TPSA) is 63.8 Å². The number of nitrogen functional groups attached to an aromatic ring is 1. The molecule has 3 rings (SSSR count). The van der Waals surface area contributed by atoms with Crippen LogP contribution in [0.1, 0.15) is 5.56 Å². The molecule has 4 nitrogen and oxygen atoms in total. The zero-order valence-corrected chi connectivity index (χ0v) is 10.4. The highest BCUT2D eigenvalue weighted by molar-refractivity contribution is 5.93. The SMILES string of the molecule is Nc1ccc2c(NCc3ccncc3)nccc2c1. The van der Waals surface area contributed by atoms with Gasteiger partial charge in [-0.2, -0.15) is 0 Å². The Labute approximate surface area is 111 Å². The molecule has 3 aromatic rings. The second-order valence-electron chi connectivity index (χ2n) is 4.35. The lowest BCUT2D eigenvalue weighted by molar-refractivity contribution is 1.10. The first-order valence-electron chi connectivity index (χ1n) is 6.10. The summed E-state index contributed by atoms with van der Waals surface area (Å²) in [5.41, 5.74) is 7.72. The van der Waals surface area contributed by atoms with Crippen molar-refractivity contribution in [2.75, 3.05) is 11.1 Å². The maximum Gasteiger partial charge on any atom is 0.134 e. The number of nitrogens with zero attached hydrogens (tertiary/aromatic N) is 2. The molecular formula is C15H14N4. The van der Waals surface area contributed by atoms with Crippen molar-refractivity contribution in [1.29, 1.82) is 0 Å². The lowest BCUT2D eigenvalue weighted by Crippen LogP contribution is -2.02. The highest BCUT2D eigenvalue weighted by Gasteiger charge is 2.02. The summed E-state index contributed by atoms with van der Waals surface area (Å²) in [5, 5.41) is 5.51. The Kier molecular flexibility index (Phi) is 2.98. The molecule has 0 saturated carbocycles. The maximum atomic E-state index is 5.79. The van der Waals surface area contributed by atoms with E-state index in [1.54, 1.807) is 18.6 Å². The van der Waals surface area contributed by atoms with Crippen LogP contribution in [0.4, 0.5) is 11.5 Å². The Morgan fingerprint density at radius 1 is 1.00 bits per heavy atom. The lowest BCUT2D eigenvalue weighted by Gasteiger charge is -2.09. The Balaban J connectivity index is 1.89. The number of anilines is 2. The van der Waals surface area contributed by atoms with Gasteiger partial charge in [-0.05, 0) is 47.3 Å². The van der Waals surface area contributed by atoms with Crippen LogP contribution < -0.4 is 11.1 Å². The summed E-state index contributed by atoms with van der Waals surface area (Å²) in [6.07, 6.45) is 5.36. The van der Waals surface area contributed by atoms with Crippen molar-refractivity contribution in [2.24, 2.45) is 0 Å². The fourth-order valence-electron chi connectivity index (χ4n) is 2.02. The van der Waals surface area contributed by atoms with E-state index in [9.17, 15) is 0 Å². The summed E-state index contributed by atoms with van der Waals surface area (Å²) in [5.74, 6) is 0.870. The monoisotopic (exact) mass is 250 g/mol. The molecule has 0 spiro atoms. The van der Waals surface area contributed by atoms with Crippen LogP contribution in [0, 0.1) is 0 Å². The van der Waals surface area contributed by atoms with E-state index in [0.717, 1.165) is 28.8 Å². The van der Waals surface area contributed by atoms with Gasteiger partial charge in [0.1, 0.15) is 5.82 Å². The summed E-state index contributed by atoms with van der Waals surface area (Å²) in [6.45, 7) is 0.721. The number of nitrogens with one attached hydrogen (secondary N) is 1. The molecule has 0 saturated heterocycles. The fourth-order valence-corrected chi connectivity index (χ4v) is 2.02. The maximum absolute atomic E-state index is 5.79. The van der Waals surface area contributed by atoms with Gasteiger partial charge in [0.25, 0.3) is 0 Å². The van der Waals surface area contributed by atoms with Crippen LogP contribution in [-0.4, -0.2) is 9.97 Å². The zero-order valence-electron chi connectivity index (χ0n) is 10.4. The number of pyridine rings is 2. The average molecular weight is 250 g/mol. The Morgan fingerprint density at radius 3 is 2.68 bits per heavy atom. The van der Waals surface area contributed by atoms with Gasteiger partial charge >= 0.3 is 0 Å². The highest BCUT2D eigenvalue weighted by atomic mass is 15.0. The van der Waals surface area contributed by atoms with Gasteiger partial charge in [0.15, 0.2) is 0 Å². The summed E-state index contributed by atoms with van der Waals surface area (Å²) in [7, 11) is 0. The predicted octanol–water partition coefficient (Wildman–Crippen LogP) is 2.82. The van der Waals surface area contributed by atoms with Crippen LogP contribution in [0.5, 0.6) is 0 Å². The van der Waals surface area contributed by atoms with Crippen molar-refractivity contribution in [2.45, 2.75) is 6.54 Å². The van der Waals surface area contributed by atoms with E-state index >= 15 is 0 Å². The van der Waals surface area contributed by atoms with Crippen LogP contribution >= 0.6 is 0 Å². The summed E-state index contributed by atoms with van der Waals surface area (Å²) in [4.78, 5) is 8.39. The molecule has 4 heteroatoms. The van der Waals surface area contributed by atoms with E-state index < -0.39 is 0 Å². The van der Waals surface area contributed by atoms with E-state index in [2.05, 4.69) is 15.3 Å². The van der Waals surface area contributed by atoms with Gasteiger partial charge in [-0.3, -0.25) is 4.98 Å². The van der Waals surface area contributed by atoms with Crippen LogP contribution in [0.15, 0.2) is 55.0 Å². The molecule has 2 aromatic heterocycles. The Morgan fingerprint density at radius 2 is 1.84 bits per heavy atom. The van der Waals surface area contributed by atoms with Crippen molar-refractivity contribution < 1.29 is 0 Å². The van der Waals surface area contributed by atoms with Gasteiger partial charge in [-0.1, -0.05) is 0 Å². The minimum Gasteiger partial charge on any atom is -0.399 e. The number of fused-ring (bicyclic) bond motifs is 1. The van der Waals surface area contributed by atoms with Gasteiger partial charge < -0.3 is 11.1 Å². The molecule has 94 valence electrons. The highest BCUT2D eigenvalue weighted by Crippen LogP contribution is 2.23. The van der Waals surface area contributed by atoms with Crippen molar-refractivity contribution in [3.8, 4) is 0 Å². The van der Waals surface area contributed by atoms with Crippen molar-refractivity contribution in [3.63, 3.8) is 0 Å². The first-order valence-corrected chi connectivity index (χ1v) is 6.10. The molecule has 0 radical (unpaired) electrons. The van der Waals surface area contributed by atoms with Crippen molar-refractivity contribution in [1.82, 2.24) is 9.97 Å². The van der Waals surface area contributed by atoms with Crippen LogP contribution in [0.25, 0.3) is 10.8 Å². The normalized spacial score (nSPS) is 10.5. The number of hydrogen-bond acceptors (Lipinski definition) is 4. The second kappa shape index (κ2) is 4.94. The minimum atomic E-state index is 0.721. The average Bonchev–Trinajstić information content (AvgIpc) is 2.45. The number of rotatable bonds is 3. The van der Waals surface area contributed by atoms with Gasteiger partial charge in [0.05, 0.1) is 0 Å². The van der Waals surface area contributed by atoms with Crippen LogP contribution in [0.2, 0.25) is 0 Å². The first kappa shape index (κ1) is 11.5. The molecule has 0 bridgehead atoms. The molecule has 0 aliphatic heterocycles. The number of hydrogen-bond donors (Lipinski definition) is 2. The predicted molar refractivity (Wildman–Crippen MR) is 77.7 cm³/mol. The third-order valence-corrected chi connectivity index (χ3v) is 3.00. The molecule has 0 amide bonds. The van der Waals surface area contributed by atoms with E-state index in [1.807, 2.05) is 36.4 Å². The third kappa shape index (κ3) is 2.47. The first-order chi connectivity index (χ1) is 9.33. The van der Waals surface area contributed by atoms with Crippen LogP contribution in [-0.2, 0) is 6.54 Å². The molecule has 3 N–H and O–H groups in total. The Bertz CT molecular complexity index is 695. The van der Waals surface area contributed by atoms with E-state index in [0.29, 0.717) is 0 Å².